The number of hydrogen-bond donors (Lipinski definition) is 1. The summed E-state index contributed by atoms with van der Waals surface area (Å²) in [6.07, 6.45) is -3.78. The van der Waals surface area contributed by atoms with Crippen LogP contribution in [0, 0.1) is 0 Å². The lowest BCUT2D eigenvalue weighted by atomic mass is 10.1. The molecule has 0 aromatic rings. The molecule has 0 heterocycles. The zero-order valence-corrected chi connectivity index (χ0v) is 7.19. The van der Waals surface area contributed by atoms with E-state index < -0.39 is 12.3 Å². The molecule has 0 amide bonds. The van der Waals surface area contributed by atoms with Crippen LogP contribution in [-0.4, -0.2) is 17.4 Å². The second kappa shape index (κ2) is 5.41. The summed E-state index contributed by atoms with van der Waals surface area (Å²) in [5.41, 5.74) is 0. The van der Waals surface area contributed by atoms with E-state index >= 15 is 0 Å². The molecule has 0 aliphatic heterocycles. The number of hydrogen-bond acceptors (Lipinski definition) is 1. The first-order valence-electron chi connectivity index (χ1n) is 4.22. The second-order valence-corrected chi connectivity index (χ2v) is 2.90. The van der Waals surface area contributed by atoms with E-state index in [-0.39, 0.29) is 6.42 Å². The molecule has 74 valence electrons. The van der Waals surface area contributed by atoms with Crippen molar-refractivity contribution in [2.45, 2.75) is 51.3 Å². The van der Waals surface area contributed by atoms with Gasteiger partial charge in [0.2, 0.25) is 0 Å². The minimum absolute atomic E-state index is 0.260. The number of aliphatic hydroxyl groups is 1. The predicted molar refractivity (Wildman–Crippen MR) is 40.8 cm³/mol. The zero-order chi connectivity index (χ0) is 9.61. The maximum atomic E-state index is 12.3. The van der Waals surface area contributed by atoms with Crippen LogP contribution in [0.1, 0.15) is 39.0 Å². The Labute approximate surface area is 70.6 Å². The Bertz CT molecular complexity index is 111. The van der Waals surface area contributed by atoms with E-state index in [0.29, 0.717) is 6.42 Å². The molecule has 0 bridgehead atoms. The molecule has 12 heavy (non-hydrogen) atoms. The highest BCUT2D eigenvalue weighted by Crippen LogP contribution is 2.22. The summed E-state index contributed by atoms with van der Waals surface area (Å²) >= 11 is 0. The van der Waals surface area contributed by atoms with Crippen molar-refractivity contribution >= 4 is 0 Å². The Balaban J connectivity index is 3.38. The fourth-order valence-corrected chi connectivity index (χ4v) is 0.924. The molecule has 0 aliphatic carbocycles. The standard InChI is InChI=1S/C8H15F3O/c1-2-3-4-5-6-7(9)8(10,11)12/h7,12H,2-6H2,1H3. The lowest BCUT2D eigenvalue weighted by Crippen LogP contribution is -2.29. The first-order valence-corrected chi connectivity index (χ1v) is 4.22. The number of alkyl halides is 3. The summed E-state index contributed by atoms with van der Waals surface area (Å²) in [6, 6.07) is 0. The smallest absolute Gasteiger partial charge is 0.334 e. The van der Waals surface area contributed by atoms with E-state index in [2.05, 4.69) is 0 Å². The maximum Gasteiger partial charge on any atom is 0.384 e. The highest BCUT2D eigenvalue weighted by molar-refractivity contribution is 4.64. The van der Waals surface area contributed by atoms with Gasteiger partial charge in [-0.1, -0.05) is 32.6 Å². The maximum absolute atomic E-state index is 12.3. The van der Waals surface area contributed by atoms with Crippen LogP contribution in [0.3, 0.4) is 0 Å². The molecule has 0 aromatic carbocycles. The Morgan fingerprint density at radius 1 is 1.25 bits per heavy atom. The molecule has 0 rings (SSSR count). The third kappa shape index (κ3) is 5.41. The third-order valence-electron chi connectivity index (χ3n) is 1.69. The van der Waals surface area contributed by atoms with E-state index in [1.807, 2.05) is 6.92 Å². The quantitative estimate of drug-likeness (QED) is 0.629. The summed E-state index contributed by atoms with van der Waals surface area (Å²) in [5.74, 6) is 0. The fraction of sp³-hybridized carbons (Fsp3) is 1.00. The van der Waals surface area contributed by atoms with Crippen molar-refractivity contribution in [3.05, 3.63) is 0 Å². The minimum Gasteiger partial charge on any atom is -0.334 e. The van der Waals surface area contributed by atoms with Crippen LogP contribution >= 0.6 is 0 Å². The molecule has 0 aromatic heterocycles. The minimum atomic E-state index is -4.16. The summed E-state index contributed by atoms with van der Waals surface area (Å²) < 4.78 is 35.9. The van der Waals surface area contributed by atoms with Gasteiger partial charge >= 0.3 is 6.11 Å². The van der Waals surface area contributed by atoms with Crippen LogP contribution in [0.2, 0.25) is 0 Å². The van der Waals surface area contributed by atoms with Crippen molar-refractivity contribution in [2.24, 2.45) is 0 Å². The molecule has 4 heteroatoms. The molecular formula is C8H15F3O. The van der Waals surface area contributed by atoms with Gasteiger partial charge in [0.1, 0.15) is 0 Å². The number of halogens is 3. The molecular weight excluding hydrogens is 169 g/mol. The molecule has 0 saturated carbocycles. The van der Waals surface area contributed by atoms with Crippen LogP contribution in [0.5, 0.6) is 0 Å². The van der Waals surface area contributed by atoms with Crippen molar-refractivity contribution in [1.29, 1.82) is 0 Å². The lowest BCUT2D eigenvalue weighted by Gasteiger charge is -2.13. The van der Waals surface area contributed by atoms with Gasteiger partial charge in [0.15, 0.2) is 6.17 Å². The number of unbranched alkanes of at least 4 members (excludes halogenated alkanes) is 3. The second-order valence-electron chi connectivity index (χ2n) is 2.90. The molecule has 0 saturated heterocycles. The molecule has 1 N–H and O–H groups in total. The molecule has 1 atom stereocenters. The van der Waals surface area contributed by atoms with Crippen molar-refractivity contribution < 1.29 is 18.3 Å². The third-order valence-corrected chi connectivity index (χ3v) is 1.69. The van der Waals surface area contributed by atoms with E-state index in [1.54, 1.807) is 0 Å². The highest BCUT2D eigenvalue weighted by atomic mass is 19.3. The highest BCUT2D eigenvalue weighted by Gasteiger charge is 2.36. The molecule has 1 nitrogen and oxygen atoms in total. The Morgan fingerprint density at radius 3 is 2.25 bits per heavy atom. The number of rotatable bonds is 6. The molecule has 0 spiro atoms. The van der Waals surface area contributed by atoms with Gasteiger partial charge < -0.3 is 5.11 Å². The predicted octanol–water partition coefficient (Wildman–Crippen LogP) is 2.88. The topological polar surface area (TPSA) is 20.2 Å². The fourth-order valence-electron chi connectivity index (χ4n) is 0.924. The van der Waals surface area contributed by atoms with Gasteiger partial charge in [-0.3, -0.25) is 0 Å². The van der Waals surface area contributed by atoms with Crippen molar-refractivity contribution in [1.82, 2.24) is 0 Å². The molecule has 1 unspecified atom stereocenters. The summed E-state index contributed by atoms with van der Waals surface area (Å²) in [5, 5.41) is 7.93. The van der Waals surface area contributed by atoms with E-state index in [4.69, 9.17) is 5.11 Å². The van der Waals surface area contributed by atoms with Crippen molar-refractivity contribution in [3.63, 3.8) is 0 Å². The molecule has 0 aliphatic rings. The Hall–Kier alpha value is -0.250. The first-order chi connectivity index (χ1) is 5.48. The van der Waals surface area contributed by atoms with Crippen molar-refractivity contribution in [3.8, 4) is 0 Å². The van der Waals surface area contributed by atoms with Gasteiger partial charge in [0.25, 0.3) is 0 Å². The Kier molecular flexibility index (Phi) is 5.29. The normalized spacial score (nSPS) is 14.8. The monoisotopic (exact) mass is 184 g/mol. The average molecular weight is 184 g/mol. The van der Waals surface area contributed by atoms with Gasteiger partial charge in [-0.15, -0.1) is 0 Å². The van der Waals surface area contributed by atoms with Gasteiger partial charge in [-0.05, 0) is 6.42 Å². The van der Waals surface area contributed by atoms with E-state index in [9.17, 15) is 13.2 Å². The largest absolute Gasteiger partial charge is 0.384 e. The van der Waals surface area contributed by atoms with Gasteiger partial charge in [0, 0.05) is 0 Å². The van der Waals surface area contributed by atoms with Gasteiger partial charge in [-0.25, -0.2) is 4.39 Å². The lowest BCUT2D eigenvalue weighted by molar-refractivity contribution is -0.241. The van der Waals surface area contributed by atoms with Crippen LogP contribution in [-0.2, 0) is 0 Å². The molecule has 0 fully saturated rings. The Morgan fingerprint density at radius 2 is 1.83 bits per heavy atom. The van der Waals surface area contributed by atoms with E-state index in [0.717, 1.165) is 19.3 Å². The SMILES string of the molecule is CCCCCCC(F)C(O)(F)F. The average Bonchev–Trinajstić information content (AvgIpc) is 1.96. The molecule has 0 radical (unpaired) electrons. The first kappa shape index (κ1) is 11.8. The van der Waals surface area contributed by atoms with Crippen LogP contribution in [0.15, 0.2) is 0 Å². The summed E-state index contributed by atoms with van der Waals surface area (Å²) in [6.45, 7) is 1.98. The van der Waals surface area contributed by atoms with E-state index in [1.165, 1.54) is 0 Å². The van der Waals surface area contributed by atoms with Crippen LogP contribution in [0.25, 0.3) is 0 Å². The summed E-state index contributed by atoms with van der Waals surface area (Å²) in [7, 11) is 0. The van der Waals surface area contributed by atoms with Gasteiger partial charge in [0.05, 0.1) is 0 Å². The zero-order valence-electron chi connectivity index (χ0n) is 7.19. The van der Waals surface area contributed by atoms with Crippen LogP contribution in [0.4, 0.5) is 13.2 Å². The summed E-state index contributed by atoms with van der Waals surface area (Å²) in [4.78, 5) is 0. The van der Waals surface area contributed by atoms with Crippen LogP contribution < -0.4 is 0 Å². The van der Waals surface area contributed by atoms with Gasteiger partial charge in [-0.2, -0.15) is 8.78 Å². The van der Waals surface area contributed by atoms with Crippen molar-refractivity contribution in [2.75, 3.05) is 0 Å².